The van der Waals surface area contributed by atoms with Crippen LogP contribution < -0.4 is 10.2 Å². The van der Waals surface area contributed by atoms with Gasteiger partial charge in [0.25, 0.3) is 0 Å². The Hall–Kier alpha value is -1.51. The number of nitrogens with one attached hydrogen (secondary N) is 1. The second-order valence-corrected chi connectivity index (χ2v) is 5.04. The first-order valence-corrected chi connectivity index (χ1v) is 6.41. The summed E-state index contributed by atoms with van der Waals surface area (Å²) in [4.78, 5) is 13.3. The maximum absolute atomic E-state index is 11.4. The van der Waals surface area contributed by atoms with Gasteiger partial charge < -0.3 is 10.2 Å². The molecule has 2 aliphatic rings. The number of benzene rings is 1. The summed E-state index contributed by atoms with van der Waals surface area (Å²) in [6.45, 7) is 2.47. The van der Waals surface area contributed by atoms with Crippen molar-refractivity contribution in [2.75, 3.05) is 16.8 Å². The third-order valence-electron chi connectivity index (χ3n) is 3.83. The zero-order valence-corrected chi connectivity index (χ0v) is 10.2. The van der Waals surface area contributed by atoms with E-state index < -0.39 is 0 Å². The van der Waals surface area contributed by atoms with Crippen molar-refractivity contribution in [2.45, 2.75) is 38.6 Å². The van der Waals surface area contributed by atoms with Gasteiger partial charge >= 0.3 is 0 Å². The van der Waals surface area contributed by atoms with Gasteiger partial charge in [-0.1, -0.05) is 0 Å². The van der Waals surface area contributed by atoms with Gasteiger partial charge in [-0.15, -0.1) is 0 Å². The number of hydrogen-bond acceptors (Lipinski definition) is 2. The molecule has 0 radical (unpaired) electrons. The first-order chi connectivity index (χ1) is 8.24. The van der Waals surface area contributed by atoms with E-state index in [1.54, 1.807) is 6.92 Å². The minimum Gasteiger partial charge on any atom is -0.382 e. The largest absolute Gasteiger partial charge is 0.382 e. The van der Waals surface area contributed by atoms with E-state index in [1.807, 2.05) is 4.90 Å². The molecule has 1 aromatic carbocycles. The van der Waals surface area contributed by atoms with Gasteiger partial charge in [0, 0.05) is 30.9 Å². The van der Waals surface area contributed by atoms with E-state index in [-0.39, 0.29) is 5.91 Å². The molecule has 17 heavy (non-hydrogen) atoms. The molecule has 1 aromatic rings. The molecule has 1 saturated carbocycles. The molecule has 3 nitrogen and oxygen atoms in total. The topological polar surface area (TPSA) is 32.3 Å². The molecule has 0 spiro atoms. The van der Waals surface area contributed by atoms with Crippen LogP contribution >= 0.6 is 0 Å². The Morgan fingerprint density at radius 2 is 2.24 bits per heavy atom. The number of hydrogen-bond donors (Lipinski definition) is 1. The van der Waals surface area contributed by atoms with Crippen LogP contribution in [0.3, 0.4) is 0 Å². The average Bonchev–Trinajstić information content (AvgIpc) is 2.66. The molecule has 0 unspecified atom stereocenters. The normalized spacial score (nSPS) is 18.8. The van der Waals surface area contributed by atoms with Crippen LogP contribution in [0.5, 0.6) is 0 Å². The van der Waals surface area contributed by atoms with E-state index in [0.717, 1.165) is 18.7 Å². The fourth-order valence-corrected chi connectivity index (χ4v) is 2.61. The summed E-state index contributed by atoms with van der Waals surface area (Å²) in [6.07, 6.45) is 4.91. The first kappa shape index (κ1) is 10.6. The highest BCUT2D eigenvalue weighted by atomic mass is 16.2. The predicted molar refractivity (Wildman–Crippen MR) is 69.4 cm³/mol. The van der Waals surface area contributed by atoms with E-state index in [2.05, 4.69) is 23.5 Å². The minimum atomic E-state index is 0.142. The lowest BCUT2D eigenvalue weighted by Crippen LogP contribution is -2.27. The Morgan fingerprint density at radius 3 is 2.88 bits per heavy atom. The summed E-state index contributed by atoms with van der Waals surface area (Å²) in [5, 5.41) is 3.55. The van der Waals surface area contributed by atoms with Crippen molar-refractivity contribution in [3.05, 3.63) is 23.8 Å². The fraction of sp³-hybridized carbons (Fsp3) is 0.500. The molecule has 1 fully saturated rings. The van der Waals surface area contributed by atoms with Crippen molar-refractivity contribution in [1.82, 2.24) is 0 Å². The predicted octanol–water partition coefficient (Wildman–Crippen LogP) is 2.56. The monoisotopic (exact) mass is 230 g/mol. The van der Waals surface area contributed by atoms with Crippen LogP contribution in [-0.2, 0) is 11.2 Å². The zero-order valence-electron chi connectivity index (χ0n) is 10.2. The lowest BCUT2D eigenvalue weighted by atomic mass is 9.93. The highest BCUT2D eigenvalue weighted by Crippen LogP contribution is 2.32. The Kier molecular flexibility index (Phi) is 2.54. The van der Waals surface area contributed by atoms with Crippen LogP contribution in [0.4, 0.5) is 11.4 Å². The van der Waals surface area contributed by atoms with E-state index in [4.69, 9.17) is 0 Å². The number of carbonyl (C=O) groups excluding carboxylic acids is 1. The number of amides is 1. The van der Waals surface area contributed by atoms with Gasteiger partial charge in [-0.05, 0) is 49.4 Å². The highest BCUT2D eigenvalue weighted by molar-refractivity contribution is 5.94. The number of nitrogens with zero attached hydrogens (tertiary/aromatic N) is 1. The van der Waals surface area contributed by atoms with Crippen molar-refractivity contribution >= 4 is 17.3 Å². The van der Waals surface area contributed by atoms with Crippen molar-refractivity contribution in [2.24, 2.45) is 0 Å². The summed E-state index contributed by atoms with van der Waals surface area (Å²) in [7, 11) is 0. The van der Waals surface area contributed by atoms with Gasteiger partial charge in [-0.3, -0.25) is 4.79 Å². The standard InChI is InChI=1S/C14H18N2O/c1-10(17)16-8-7-11-9-13(5-6-14(11)16)15-12-3-2-4-12/h5-6,9,12,15H,2-4,7-8H2,1H3. The summed E-state index contributed by atoms with van der Waals surface area (Å²) >= 11 is 0. The van der Waals surface area contributed by atoms with Crippen molar-refractivity contribution in [1.29, 1.82) is 0 Å². The van der Waals surface area contributed by atoms with Crippen molar-refractivity contribution in [3.8, 4) is 0 Å². The Bertz CT molecular complexity index is 452. The molecule has 0 saturated heterocycles. The van der Waals surface area contributed by atoms with Crippen LogP contribution in [-0.4, -0.2) is 18.5 Å². The number of fused-ring (bicyclic) bond motifs is 1. The van der Waals surface area contributed by atoms with E-state index in [9.17, 15) is 4.79 Å². The van der Waals surface area contributed by atoms with Gasteiger partial charge in [0.05, 0.1) is 0 Å². The molecule has 3 heteroatoms. The van der Waals surface area contributed by atoms with E-state index >= 15 is 0 Å². The van der Waals surface area contributed by atoms with Crippen LogP contribution in [0.1, 0.15) is 31.7 Å². The first-order valence-electron chi connectivity index (χ1n) is 6.41. The second kappa shape index (κ2) is 4.06. The second-order valence-electron chi connectivity index (χ2n) is 5.04. The number of anilines is 2. The average molecular weight is 230 g/mol. The number of carbonyl (C=O) groups is 1. The molecule has 0 aromatic heterocycles. The molecule has 0 bridgehead atoms. The number of rotatable bonds is 2. The van der Waals surface area contributed by atoms with Gasteiger partial charge in [0.15, 0.2) is 0 Å². The maximum Gasteiger partial charge on any atom is 0.223 e. The molecule has 3 rings (SSSR count). The van der Waals surface area contributed by atoms with E-state index in [1.165, 1.54) is 30.5 Å². The summed E-state index contributed by atoms with van der Waals surface area (Å²) in [5.41, 5.74) is 3.60. The highest BCUT2D eigenvalue weighted by Gasteiger charge is 2.23. The van der Waals surface area contributed by atoms with Crippen LogP contribution in [0.2, 0.25) is 0 Å². The molecule has 1 amide bonds. The molecular formula is C14H18N2O. The van der Waals surface area contributed by atoms with Crippen LogP contribution in [0.15, 0.2) is 18.2 Å². The molecule has 0 atom stereocenters. The Balaban J connectivity index is 1.80. The summed E-state index contributed by atoms with van der Waals surface area (Å²) in [5.74, 6) is 0.142. The third kappa shape index (κ3) is 1.90. The smallest absolute Gasteiger partial charge is 0.223 e. The zero-order chi connectivity index (χ0) is 11.8. The molecule has 1 heterocycles. The molecule has 1 aliphatic carbocycles. The van der Waals surface area contributed by atoms with Gasteiger partial charge in [0.2, 0.25) is 5.91 Å². The quantitative estimate of drug-likeness (QED) is 0.846. The van der Waals surface area contributed by atoms with Gasteiger partial charge in [-0.2, -0.15) is 0 Å². The van der Waals surface area contributed by atoms with Gasteiger partial charge in [0.1, 0.15) is 0 Å². The van der Waals surface area contributed by atoms with E-state index in [0.29, 0.717) is 6.04 Å². The lowest BCUT2D eigenvalue weighted by Gasteiger charge is -2.27. The molecule has 1 N–H and O–H groups in total. The fourth-order valence-electron chi connectivity index (χ4n) is 2.61. The Labute approximate surface area is 102 Å². The minimum absolute atomic E-state index is 0.142. The molecule has 1 aliphatic heterocycles. The van der Waals surface area contributed by atoms with Crippen molar-refractivity contribution < 1.29 is 4.79 Å². The molecular weight excluding hydrogens is 212 g/mol. The Morgan fingerprint density at radius 1 is 1.41 bits per heavy atom. The van der Waals surface area contributed by atoms with Crippen LogP contribution in [0.25, 0.3) is 0 Å². The summed E-state index contributed by atoms with van der Waals surface area (Å²) < 4.78 is 0. The lowest BCUT2D eigenvalue weighted by molar-refractivity contribution is -0.116. The summed E-state index contributed by atoms with van der Waals surface area (Å²) in [6, 6.07) is 7.04. The third-order valence-corrected chi connectivity index (χ3v) is 3.83. The maximum atomic E-state index is 11.4. The SMILES string of the molecule is CC(=O)N1CCc2cc(NC3CCC3)ccc21. The van der Waals surface area contributed by atoms with Crippen LogP contribution in [0, 0.1) is 0 Å². The van der Waals surface area contributed by atoms with Crippen molar-refractivity contribution in [3.63, 3.8) is 0 Å². The van der Waals surface area contributed by atoms with Gasteiger partial charge in [-0.25, -0.2) is 0 Å². The molecule has 90 valence electrons.